The normalized spacial score (nSPS) is 14.3. The summed E-state index contributed by atoms with van der Waals surface area (Å²) in [5.41, 5.74) is -1.28. The van der Waals surface area contributed by atoms with Crippen LogP contribution in [0, 0.1) is 0 Å². The van der Waals surface area contributed by atoms with E-state index in [0.717, 1.165) is 35.9 Å². The molecule has 5 rings (SSSR count). The van der Waals surface area contributed by atoms with Gasteiger partial charge in [0.2, 0.25) is 5.95 Å². The van der Waals surface area contributed by atoms with Gasteiger partial charge in [-0.15, -0.1) is 0 Å². The van der Waals surface area contributed by atoms with Crippen LogP contribution in [0.4, 0.5) is 33.6 Å². The molecule has 0 amide bonds. The molecule has 1 atom stereocenters. The zero-order valence-corrected chi connectivity index (χ0v) is 24.7. The molecule has 3 aromatic heterocycles. The van der Waals surface area contributed by atoms with Crippen molar-refractivity contribution < 1.29 is 31.4 Å². The summed E-state index contributed by atoms with van der Waals surface area (Å²) in [6.07, 6.45) is -1.69. The number of aromatic nitrogens is 6. The molecule has 45 heavy (non-hydrogen) atoms. The van der Waals surface area contributed by atoms with Crippen LogP contribution in [0.3, 0.4) is 0 Å². The number of ether oxygens (including phenoxy) is 2. The molecule has 0 spiro atoms. The minimum atomic E-state index is -4.91. The van der Waals surface area contributed by atoms with Gasteiger partial charge in [-0.3, -0.25) is 9.48 Å². The maximum atomic E-state index is 14.0. The van der Waals surface area contributed by atoms with E-state index in [0.29, 0.717) is 42.6 Å². The number of nitrogens with one attached hydrogen (secondary N) is 1. The first-order valence-corrected chi connectivity index (χ1v) is 14.0. The smallest absolute Gasteiger partial charge is 0.423 e. The lowest BCUT2D eigenvalue weighted by Gasteiger charge is -2.27. The molecule has 0 saturated heterocycles. The van der Waals surface area contributed by atoms with E-state index in [2.05, 4.69) is 25.5 Å². The van der Waals surface area contributed by atoms with E-state index < -0.39 is 35.0 Å². The minimum absolute atomic E-state index is 0.0167. The molecular weight excluding hydrogens is 603 g/mol. The van der Waals surface area contributed by atoms with Crippen molar-refractivity contribution in [1.29, 1.82) is 0 Å². The molecule has 0 radical (unpaired) electrons. The van der Waals surface area contributed by atoms with Crippen molar-refractivity contribution in [2.75, 3.05) is 30.5 Å². The van der Waals surface area contributed by atoms with Gasteiger partial charge in [0.15, 0.2) is 0 Å². The Hall–Kier alpha value is -4.60. The Morgan fingerprint density at radius 1 is 1.04 bits per heavy atom. The van der Waals surface area contributed by atoms with E-state index in [9.17, 15) is 26.7 Å². The van der Waals surface area contributed by atoms with Crippen molar-refractivity contribution in [3.63, 3.8) is 0 Å². The number of methoxy groups -OCH3 is 1. The Labute approximate surface area is 254 Å². The van der Waals surface area contributed by atoms with E-state index in [1.54, 1.807) is 35.9 Å². The van der Waals surface area contributed by atoms with Gasteiger partial charge in [-0.2, -0.15) is 23.4 Å². The van der Waals surface area contributed by atoms with E-state index >= 15 is 0 Å². The second-order valence-electron chi connectivity index (χ2n) is 10.7. The van der Waals surface area contributed by atoms with Crippen LogP contribution in [0.25, 0.3) is 0 Å². The van der Waals surface area contributed by atoms with Crippen LogP contribution in [0.1, 0.15) is 41.9 Å². The lowest BCUT2D eigenvalue weighted by Crippen LogP contribution is -2.35. The molecule has 4 heterocycles. The molecule has 1 aliphatic rings. The Morgan fingerprint density at radius 2 is 1.76 bits per heavy atom. The Bertz CT molecular complexity index is 1670. The average molecular weight is 635 g/mol. The van der Waals surface area contributed by atoms with Crippen LogP contribution < -0.4 is 20.5 Å². The van der Waals surface area contributed by atoms with E-state index in [1.165, 1.54) is 7.11 Å². The fraction of sp³-hybridized carbons (Fsp3) is 0.414. The maximum Gasteiger partial charge on any atom is 0.423 e. The highest BCUT2D eigenvalue weighted by molar-refractivity contribution is 5.50. The van der Waals surface area contributed by atoms with Gasteiger partial charge < -0.3 is 19.7 Å². The average Bonchev–Trinajstić information content (AvgIpc) is 3.40. The second kappa shape index (κ2) is 12.8. The Balaban J connectivity index is 1.18. The van der Waals surface area contributed by atoms with Crippen LogP contribution in [-0.4, -0.2) is 55.8 Å². The van der Waals surface area contributed by atoms with Gasteiger partial charge in [-0.05, 0) is 30.7 Å². The van der Waals surface area contributed by atoms with Crippen LogP contribution in [0.2, 0.25) is 0 Å². The second-order valence-corrected chi connectivity index (χ2v) is 10.7. The molecule has 0 bridgehead atoms. The number of hydrogen-bond donors (Lipinski definition) is 1. The largest absolute Gasteiger partial charge is 0.497 e. The van der Waals surface area contributed by atoms with Crippen molar-refractivity contribution >= 4 is 11.6 Å². The fourth-order valence-electron chi connectivity index (χ4n) is 4.81. The molecule has 0 saturated carbocycles. The molecule has 16 heteroatoms. The molecule has 1 N–H and O–H groups in total. The van der Waals surface area contributed by atoms with Gasteiger partial charge in [0.25, 0.3) is 11.5 Å². The molecular formula is C29H31F5N8O3. The van der Waals surface area contributed by atoms with Crippen molar-refractivity contribution in [3.8, 4) is 5.75 Å². The predicted octanol–water partition coefficient (Wildman–Crippen LogP) is 4.45. The molecule has 1 aromatic carbocycles. The van der Waals surface area contributed by atoms with Crippen LogP contribution in [0.5, 0.6) is 5.75 Å². The van der Waals surface area contributed by atoms with Crippen LogP contribution in [-0.2, 0) is 43.1 Å². The van der Waals surface area contributed by atoms with Crippen LogP contribution in [0.15, 0.2) is 53.7 Å². The topological polar surface area (TPSA) is 112 Å². The number of halogens is 5. The van der Waals surface area contributed by atoms with Crippen LogP contribution >= 0.6 is 0 Å². The van der Waals surface area contributed by atoms with Gasteiger partial charge >= 0.3 is 6.18 Å². The highest BCUT2D eigenvalue weighted by Crippen LogP contribution is 2.32. The van der Waals surface area contributed by atoms with Gasteiger partial charge in [0.05, 0.1) is 68.8 Å². The first-order chi connectivity index (χ1) is 21.3. The molecule has 4 aromatic rings. The van der Waals surface area contributed by atoms with Gasteiger partial charge in [-0.1, -0.05) is 12.1 Å². The molecule has 240 valence electrons. The highest BCUT2D eigenvalue weighted by Gasteiger charge is 2.38. The number of nitrogens with zero attached hydrogens (tertiary/aromatic N) is 7. The van der Waals surface area contributed by atoms with E-state index in [1.807, 2.05) is 11.0 Å². The number of alkyl halides is 5. The number of rotatable bonds is 11. The maximum absolute atomic E-state index is 14.0. The molecule has 0 aliphatic carbocycles. The monoisotopic (exact) mass is 634 g/mol. The number of anilines is 2. The van der Waals surface area contributed by atoms with Crippen molar-refractivity contribution in [1.82, 2.24) is 29.5 Å². The number of hydrogen-bond acceptors (Lipinski definition) is 9. The summed E-state index contributed by atoms with van der Waals surface area (Å²) in [6, 6.07) is 7.80. The lowest BCUT2D eigenvalue weighted by atomic mass is 10.2. The van der Waals surface area contributed by atoms with Gasteiger partial charge in [-0.25, -0.2) is 23.4 Å². The summed E-state index contributed by atoms with van der Waals surface area (Å²) in [7, 11) is 1.49. The third-order valence-corrected chi connectivity index (χ3v) is 7.11. The van der Waals surface area contributed by atoms with Gasteiger partial charge in [0.1, 0.15) is 11.3 Å². The molecule has 0 unspecified atom stereocenters. The standard InChI is InChI=1S/C29H31F5N8O3/c1-18(38-24-13-37-42(26(43)25(24)29(32,33)34)14-19-4-6-23(44-3)7-5-19)16-45-17-21-10-22-15-40(8-9-41(22)39-21)27-35-11-20(12-36-27)28(2,30)31/h4-7,10-13,18,38H,8-9,14-17H2,1-3H3/t18-/m0/s1. The summed E-state index contributed by atoms with van der Waals surface area (Å²) in [5.74, 6) is -2.12. The zero-order valence-electron chi connectivity index (χ0n) is 24.7. The molecule has 0 fully saturated rings. The van der Waals surface area contributed by atoms with Crippen molar-refractivity contribution in [3.05, 3.63) is 87.4 Å². The van der Waals surface area contributed by atoms with E-state index in [-0.39, 0.29) is 25.3 Å². The quantitative estimate of drug-likeness (QED) is 0.239. The van der Waals surface area contributed by atoms with Crippen molar-refractivity contribution in [2.45, 2.75) is 58.2 Å². The highest BCUT2D eigenvalue weighted by atomic mass is 19.4. The lowest BCUT2D eigenvalue weighted by molar-refractivity contribution is -0.138. The zero-order chi connectivity index (χ0) is 32.4. The summed E-state index contributed by atoms with van der Waals surface area (Å²) >= 11 is 0. The summed E-state index contributed by atoms with van der Waals surface area (Å²) in [4.78, 5) is 22.9. The van der Waals surface area contributed by atoms with Crippen molar-refractivity contribution in [2.24, 2.45) is 0 Å². The first-order valence-electron chi connectivity index (χ1n) is 14.0. The summed E-state index contributed by atoms with van der Waals surface area (Å²) in [6.45, 7) is 3.81. The summed E-state index contributed by atoms with van der Waals surface area (Å²) < 4.78 is 82.3. The summed E-state index contributed by atoms with van der Waals surface area (Å²) in [5, 5.41) is 11.2. The van der Waals surface area contributed by atoms with Gasteiger partial charge in [0, 0.05) is 31.9 Å². The predicted molar refractivity (Wildman–Crippen MR) is 153 cm³/mol. The number of benzene rings is 1. The molecule has 1 aliphatic heterocycles. The fourth-order valence-corrected chi connectivity index (χ4v) is 4.81. The third kappa shape index (κ3) is 7.56. The van der Waals surface area contributed by atoms with E-state index in [4.69, 9.17) is 9.47 Å². The molecule has 11 nitrogen and oxygen atoms in total. The third-order valence-electron chi connectivity index (χ3n) is 7.11. The number of fused-ring (bicyclic) bond motifs is 1. The SMILES string of the molecule is COc1ccc(Cn2ncc(N[C@@H](C)COCc3cc4n(n3)CCN(c3ncc(C(C)(F)F)cn3)C4)c(C(F)(F)F)c2=O)cc1. The first kappa shape index (κ1) is 31.8. The Kier molecular flexibility index (Phi) is 9.04. The minimum Gasteiger partial charge on any atom is -0.497 e. The Morgan fingerprint density at radius 3 is 2.40 bits per heavy atom.